The van der Waals surface area contributed by atoms with E-state index >= 15 is 0 Å². The number of fused-ring (bicyclic) bond motifs is 2. The van der Waals surface area contributed by atoms with Crippen molar-refractivity contribution in [2.24, 2.45) is 17.8 Å². The Morgan fingerprint density at radius 3 is 2.62 bits per heavy atom. The Bertz CT molecular complexity index is 189. The minimum absolute atomic E-state index is 0.791. The molecule has 1 saturated heterocycles. The number of hydrogen-bond donors (Lipinski definition) is 2. The fourth-order valence-electron chi connectivity index (χ4n) is 3.38. The summed E-state index contributed by atoms with van der Waals surface area (Å²) in [6, 6.07) is 0.791. The molecule has 0 aromatic rings. The zero-order chi connectivity index (χ0) is 8.67. The van der Waals surface area contributed by atoms with Gasteiger partial charge in [0.25, 0.3) is 0 Å². The molecule has 2 aliphatic carbocycles. The summed E-state index contributed by atoms with van der Waals surface area (Å²) in [5.41, 5.74) is 0. The third kappa shape index (κ3) is 1.50. The molecule has 1 aliphatic heterocycles. The van der Waals surface area contributed by atoms with Gasteiger partial charge >= 0.3 is 0 Å². The maximum absolute atomic E-state index is 3.68. The van der Waals surface area contributed by atoms with Crippen molar-refractivity contribution < 1.29 is 0 Å². The van der Waals surface area contributed by atoms with Crippen LogP contribution in [0, 0.1) is 17.8 Å². The van der Waals surface area contributed by atoms with Gasteiger partial charge in [0.15, 0.2) is 0 Å². The SMILES string of the molecule is C1CC2CC1CC2CNC1CNC1. The Hall–Kier alpha value is -0.0800. The number of nitrogens with one attached hydrogen (secondary N) is 2. The van der Waals surface area contributed by atoms with E-state index in [1.165, 1.54) is 38.9 Å². The average Bonchev–Trinajstić information content (AvgIpc) is 2.61. The van der Waals surface area contributed by atoms with E-state index in [9.17, 15) is 0 Å². The minimum atomic E-state index is 0.791. The Kier molecular flexibility index (Phi) is 2.06. The van der Waals surface area contributed by atoms with Crippen LogP contribution in [-0.2, 0) is 0 Å². The van der Waals surface area contributed by atoms with Crippen LogP contribution in [0.2, 0.25) is 0 Å². The molecule has 3 rings (SSSR count). The van der Waals surface area contributed by atoms with Crippen LogP contribution in [0.4, 0.5) is 0 Å². The van der Waals surface area contributed by atoms with Gasteiger partial charge in [-0.3, -0.25) is 0 Å². The molecule has 3 atom stereocenters. The minimum Gasteiger partial charge on any atom is -0.314 e. The van der Waals surface area contributed by atoms with Crippen LogP contribution in [0.1, 0.15) is 25.7 Å². The van der Waals surface area contributed by atoms with Gasteiger partial charge in [-0.1, -0.05) is 6.42 Å². The van der Waals surface area contributed by atoms with Crippen LogP contribution in [0.5, 0.6) is 0 Å². The van der Waals surface area contributed by atoms with Gasteiger partial charge in [-0.15, -0.1) is 0 Å². The fraction of sp³-hybridized carbons (Fsp3) is 1.00. The quantitative estimate of drug-likeness (QED) is 0.676. The fourth-order valence-corrected chi connectivity index (χ4v) is 3.38. The van der Waals surface area contributed by atoms with E-state index in [-0.39, 0.29) is 0 Å². The maximum atomic E-state index is 3.68. The lowest BCUT2D eigenvalue weighted by Gasteiger charge is -2.31. The number of rotatable bonds is 3. The summed E-state index contributed by atoms with van der Waals surface area (Å²) in [6.07, 6.45) is 6.14. The van der Waals surface area contributed by atoms with E-state index < -0.39 is 0 Å². The highest BCUT2D eigenvalue weighted by Crippen LogP contribution is 2.47. The molecule has 13 heavy (non-hydrogen) atoms. The molecule has 0 aromatic heterocycles. The molecular formula is C11H20N2. The smallest absolute Gasteiger partial charge is 0.0317 e. The lowest BCUT2D eigenvalue weighted by Crippen LogP contribution is -2.56. The molecule has 2 N–H and O–H groups in total. The second-order valence-electron chi connectivity index (χ2n) is 5.20. The average molecular weight is 180 g/mol. The van der Waals surface area contributed by atoms with Crippen molar-refractivity contribution in [3.8, 4) is 0 Å². The molecule has 1 heterocycles. The van der Waals surface area contributed by atoms with Crippen LogP contribution in [-0.4, -0.2) is 25.7 Å². The topological polar surface area (TPSA) is 24.1 Å². The second kappa shape index (κ2) is 3.25. The van der Waals surface area contributed by atoms with Gasteiger partial charge in [-0.2, -0.15) is 0 Å². The first-order chi connectivity index (χ1) is 6.42. The first-order valence-corrected chi connectivity index (χ1v) is 5.86. The van der Waals surface area contributed by atoms with E-state index in [4.69, 9.17) is 0 Å². The van der Waals surface area contributed by atoms with Crippen LogP contribution in [0.3, 0.4) is 0 Å². The maximum Gasteiger partial charge on any atom is 0.0317 e. The second-order valence-corrected chi connectivity index (χ2v) is 5.20. The molecule has 2 saturated carbocycles. The highest BCUT2D eigenvalue weighted by atomic mass is 15.1. The zero-order valence-electron chi connectivity index (χ0n) is 8.26. The molecule has 3 unspecified atom stereocenters. The summed E-state index contributed by atoms with van der Waals surface area (Å²) in [4.78, 5) is 0. The van der Waals surface area contributed by atoms with E-state index in [1.807, 2.05) is 0 Å². The van der Waals surface area contributed by atoms with Crippen LogP contribution in [0.25, 0.3) is 0 Å². The van der Waals surface area contributed by atoms with E-state index in [0.717, 1.165) is 23.8 Å². The van der Waals surface area contributed by atoms with Gasteiger partial charge in [-0.25, -0.2) is 0 Å². The van der Waals surface area contributed by atoms with E-state index in [0.29, 0.717) is 0 Å². The third-order valence-electron chi connectivity index (χ3n) is 4.33. The molecular weight excluding hydrogens is 160 g/mol. The molecule has 0 spiro atoms. The van der Waals surface area contributed by atoms with Crippen molar-refractivity contribution in [2.45, 2.75) is 31.7 Å². The van der Waals surface area contributed by atoms with Crippen LogP contribution < -0.4 is 10.6 Å². The predicted octanol–water partition coefficient (Wildman–Crippen LogP) is 0.984. The molecule has 0 amide bonds. The van der Waals surface area contributed by atoms with Gasteiger partial charge < -0.3 is 10.6 Å². The first-order valence-electron chi connectivity index (χ1n) is 5.86. The van der Waals surface area contributed by atoms with Crippen LogP contribution >= 0.6 is 0 Å². The highest BCUT2D eigenvalue weighted by Gasteiger charge is 2.39. The van der Waals surface area contributed by atoms with Gasteiger partial charge in [0.2, 0.25) is 0 Å². The van der Waals surface area contributed by atoms with Crippen molar-refractivity contribution in [1.29, 1.82) is 0 Å². The monoisotopic (exact) mass is 180 g/mol. The first kappa shape index (κ1) is 8.25. The Morgan fingerprint density at radius 2 is 2.08 bits per heavy atom. The lowest BCUT2D eigenvalue weighted by atomic mass is 9.88. The molecule has 2 heteroatoms. The van der Waals surface area contributed by atoms with E-state index in [2.05, 4.69) is 10.6 Å². The predicted molar refractivity (Wildman–Crippen MR) is 53.6 cm³/mol. The molecule has 0 radical (unpaired) electrons. The molecule has 2 bridgehead atoms. The van der Waals surface area contributed by atoms with Crippen molar-refractivity contribution in [3.63, 3.8) is 0 Å². The van der Waals surface area contributed by atoms with Crippen LogP contribution in [0.15, 0.2) is 0 Å². The van der Waals surface area contributed by atoms with Crippen molar-refractivity contribution >= 4 is 0 Å². The molecule has 3 aliphatic rings. The van der Waals surface area contributed by atoms with Gasteiger partial charge in [0, 0.05) is 19.1 Å². The normalized spacial score (nSPS) is 43.8. The zero-order valence-corrected chi connectivity index (χ0v) is 8.26. The summed E-state index contributed by atoms with van der Waals surface area (Å²) in [5, 5.41) is 6.99. The third-order valence-corrected chi connectivity index (χ3v) is 4.33. The molecule has 74 valence electrons. The molecule has 3 fully saturated rings. The van der Waals surface area contributed by atoms with Gasteiger partial charge in [-0.05, 0) is 43.6 Å². The van der Waals surface area contributed by atoms with Gasteiger partial charge in [0.1, 0.15) is 0 Å². The Morgan fingerprint density at radius 1 is 1.15 bits per heavy atom. The largest absolute Gasteiger partial charge is 0.314 e. The number of hydrogen-bond acceptors (Lipinski definition) is 2. The Balaban J connectivity index is 1.45. The summed E-state index contributed by atoms with van der Waals surface area (Å²) in [6.45, 7) is 3.69. The molecule has 0 aromatic carbocycles. The molecule has 2 nitrogen and oxygen atoms in total. The van der Waals surface area contributed by atoms with Crippen molar-refractivity contribution in [3.05, 3.63) is 0 Å². The van der Waals surface area contributed by atoms with E-state index in [1.54, 1.807) is 6.42 Å². The van der Waals surface area contributed by atoms with Crippen molar-refractivity contribution in [1.82, 2.24) is 10.6 Å². The Labute approximate surface area is 80.5 Å². The summed E-state index contributed by atoms with van der Waals surface area (Å²) >= 11 is 0. The standard InChI is InChI=1S/C11H20N2/c1-2-9-3-8(1)4-10(9)5-13-11-6-12-7-11/h8-13H,1-7H2. The van der Waals surface area contributed by atoms with Gasteiger partial charge in [0.05, 0.1) is 0 Å². The highest BCUT2D eigenvalue weighted by molar-refractivity contribution is 4.92. The summed E-state index contributed by atoms with van der Waals surface area (Å²) in [7, 11) is 0. The lowest BCUT2D eigenvalue weighted by molar-refractivity contribution is 0.280. The summed E-state index contributed by atoms with van der Waals surface area (Å²) in [5.74, 6) is 3.22. The van der Waals surface area contributed by atoms with Crippen molar-refractivity contribution in [2.75, 3.05) is 19.6 Å². The summed E-state index contributed by atoms with van der Waals surface area (Å²) < 4.78 is 0.